The predicted octanol–water partition coefficient (Wildman–Crippen LogP) is 7.61. The van der Waals surface area contributed by atoms with Crippen LogP contribution in [0.1, 0.15) is 63.3 Å². The first-order valence-corrected chi connectivity index (χ1v) is 11.8. The fourth-order valence-electron chi connectivity index (χ4n) is 3.17. The van der Waals surface area contributed by atoms with Crippen LogP contribution in [0.3, 0.4) is 0 Å². The van der Waals surface area contributed by atoms with Gasteiger partial charge >= 0.3 is 5.97 Å². The summed E-state index contributed by atoms with van der Waals surface area (Å²) < 4.78 is 4.80. The van der Waals surface area contributed by atoms with Gasteiger partial charge in [0.05, 0.1) is 13.2 Å². The summed E-state index contributed by atoms with van der Waals surface area (Å²) in [5.41, 5.74) is 5.18. The number of hydrogen-bond acceptors (Lipinski definition) is 3. The normalized spacial score (nSPS) is 11.1. The van der Waals surface area contributed by atoms with E-state index in [0.29, 0.717) is 6.61 Å². The highest BCUT2D eigenvalue weighted by Crippen LogP contribution is 2.13. The smallest absolute Gasteiger partial charge is 0.330 e. The maximum atomic E-state index is 11.1. The summed E-state index contributed by atoms with van der Waals surface area (Å²) in [6.45, 7) is 6.66. The molecule has 2 aromatic carbocycles. The molecule has 2 aromatic rings. The van der Waals surface area contributed by atoms with Gasteiger partial charge in [0.2, 0.25) is 0 Å². The molecule has 0 saturated carbocycles. The molecule has 0 unspecified atom stereocenters. The molecular weight excluding hydrogens is 420 g/mol. The molecule has 0 aliphatic heterocycles. The van der Waals surface area contributed by atoms with Crippen LogP contribution in [0.15, 0.2) is 85.0 Å². The lowest BCUT2D eigenvalue weighted by atomic mass is 10.0. The van der Waals surface area contributed by atoms with Gasteiger partial charge in [0.15, 0.2) is 0 Å². The molecule has 1 N–H and O–H groups in total. The maximum Gasteiger partial charge on any atom is 0.330 e. The number of esters is 1. The Morgan fingerprint density at radius 3 is 1.76 bits per heavy atom. The third-order valence-corrected chi connectivity index (χ3v) is 4.68. The summed E-state index contributed by atoms with van der Waals surface area (Å²) in [4.78, 5) is 11.1. The summed E-state index contributed by atoms with van der Waals surface area (Å²) in [7, 11) is 0. The SMILES string of the molecule is C.CCCc1ccccc1/C=C/C=C/C(=O)OCC.CCCc1ccccc1/C=C/C=C/CO. The van der Waals surface area contributed by atoms with E-state index in [0.717, 1.165) is 25.7 Å². The number of rotatable bonds is 11. The number of allylic oxidation sites excluding steroid dienone is 4. The molecule has 34 heavy (non-hydrogen) atoms. The molecule has 0 aliphatic carbocycles. The van der Waals surface area contributed by atoms with Gasteiger partial charge < -0.3 is 9.84 Å². The molecule has 0 fully saturated rings. The van der Waals surface area contributed by atoms with Crippen molar-refractivity contribution < 1.29 is 14.6 Å². The minimum atomic E-state index is -0.302. The van der Waals surface area contributed by atoms with E-state index in [1.165, 1.54) is 28.3 Å². The second-order valence-corrected chi connectivity index (χ2v) is 7.34. The van der Waals surface area contributed by atoms with Crippen LogP contribution in [-0.2, 0) is 22.4 Å². The van der Waals surface area contributed by atoms with Gasteiger partial charge in [-0.3, -0.25) is 0 Å². The summed E-state index contributed by atoms with van der Waals surface area (Å²) in [5.74, 6) is -0.302. The van der Waals surface area contributed by atoms with Crippen LogP contribution < -0.4 is 0 Å². The third kappa shape index (κ3) is 13.4. The van der Waals surface area contributed by atoms with Crippen molar-refractivity contribution in [2.24, 2.45) is 0 Å². The van der Waals surface area contributed by atoms with Crippen molar-refractivity contribution in [3.8, 4) is 0 Å². The molecule has 3 heteroatoms. The lowest BCUT2D eigenvalue weighted by molar-refractivity contribution is -0.137. The Labute approximate surface area is 207 Å². The van der Waals surface area contributed by atoms with E-state index in [-0.39, 0.29) is 20.0 Å². The molecule has 0 aromatic heterocycles. The van der Waals surface area contributed by atoms with Gasteiger partial charge in [-0.15, -0.1) is 0 Å². The fourth-order valence-corrected chi connectivity index (χ4v) is 3.17. The number of ether oxygens (including phenoxy) is 1. The zero-order chi connectivity index (χ0) is 24.2. The molecule has 0 aliphatic rings. The molecule has 0 saturated heterocycles. The molecule has 2 rings (SSSR count). The van der Waals surface area contributed by atoms with E-state index in [2.05, 4.69) is 62.4 Å². The highest BCUT2D eigenvalue weighted by Gasteiger charge is 1.97. The molecule has 0 radical (unpaired) electrons. The van der Waals surface area contributed by atoms with Crippen molar-refractivity contribution in [3.05, 3.63) is 107 Å². The lowest BCUT2D eigenvalue weighted by Crippen LogP contribution is -1.98. The van der Waals surface area contributed by atoms with Crippen LogP contribution in [-0.4, -0.2) is 24.3 Å². The molecule has 0 spiro atoms. The van der Waals surface area contributed by atoms with Crippen molar-refractivity contribution in [1.82, 2.24) is 0 Å². The Hall–Kier alpha value is -3.17. The largest absolute Gasteiger partial charge is 0.463 e. The Kier molecular flexibility index (Phi) is 18.5. The first-order chi connectivity index (χ1) is 16.2. The number of aryl methyl sites for hydroxylation is 2. The standard InChI is InChI=1S/C16H20O2.C14H18O.CH4/c1-3-9-14-10-5-6-11-15(14)12-7-8-13-16(17)18-4-2;1-2-8-13-10-5-6-11-14(13)9-4-3-7-12-15;/h5-8,10-13H,3-4,9H2,1-2H3;3-7,9-11,15H,2,8,12H2,1H3;1H4/b12-7+,13-8+;7-3+,9-4+;. The Morgan fingerprint density at radius 1 is 0.794 bits per heavy atom. The Balaban J connectivity index is 0.000000632. The number of aliphatic hydroxyl groups is 1. The summed E-state index contributed by atoms with van der Waals surface area (Å²) in [6, 6.07) is 16.7. The minimum Gasteiger partial charge on any atom is -0.463 e. The summed E-state index contributed by atoms with van der Waals surface area (Å²) >= 11 is 0. The van der Waals surface area contributed by atoms with E-state index >= 15 is 0 Å². The topological polar surface area (TPSA) is 46.5 Å². The van der Waals surface area contributed by atoms with Crippen LogP contribution in [0.2, 0.25) is 0 Å². The molecule has 0 atom stereocenters. The van der Waals surface area contributed by atoms with E-state index in [4.69, 9.17) is 9.84 Å². The second kappa shape index (κ2) is 20.4. The van der Waals surface area contributed by atoms with Crippen molar-refractivity contribution in [2.45, 2.75) is 53.9 Å². The molecule has 3 nitrogen and oxygen atoms in total. The number of benzene rings is 2. The minimum absolute atomic E-state index is 0. The molecule has 0 heterocycles. The van der Waals surface area contributed by atoms with Crippen LogP contribution in [0.4, 0.5) is 0 Å². The monoisotopic (exact) mass is 462 g/mol. The first-order valence-electron chi connectivity index (χ1n) is 11.8. The average Bonchev–Trinajstić information content (AvgIpc) is 2.82. The molecule has 184 valence electrons. The molecule has 0 amide bonds. The first kappa shape index (κ1) is 30.8. The van der Waals surface area contributed by atoms with Crippen molar-refractivity contribution in [1.29, 1.82) is 0 Å². The molecule has 0 bridgehead atoms. The van der Waals surface area contributed by atoms with E-state index in [1.54, 1.807) is 19.1 Å². The number of carbonyl (C=O) groups excluding carboxylic acids is 1. The van der Waals surface area contributed by atoms with E-state index in [1.807, 2.05) is 30.4 Å². The van der Waals surface area contributed by atoms with Gasteiger partial charge in [-0.1, -0.05) is 125 Å². The van der Waals surface area contributed by atoms with Crippen molar-refractivity contribution >= 4 is 18.1 Å². The van der Waals surface area contributed by atoms with Crippen LogP contribution >= 0.6 is 0 Å². The van der Waals surface area contributed by atoms with Gasteiger partial charge in [-0.25, -0.2) is 4.79 Å². The summed E-state index contributed by atoms with van der Waals surface area (Å²) in [6.07, 6.45) is 19.1. The number of hydrogen-bond donors (Lipinski definition) is 1. The van der Waals surface area contributed by atoms with Crippen LogP contribution in [0.5, 0.6) is 0 Å². The molecular formula is C31H42O3. The highest BCUT2D eigenvalue weighted by molar-refractivity contribution is 5.82. The van der Waals surface area contributed by atoms with Gasteiger partial charge in [-0.2, -0.15) is 0 Å². The summed E-state index contributed by atoms with van der Waals surface area (Å²) in [5, 5.41) is 8.58. The predicted molar refractivity (Wildman–Crippen MR) is 148 cm³/mol. The zero-order valence-corrected chi connectivity index (χ0v) is 20.2. The van der Waals surface area contributed by atoms with Crippen LogP contribution in [0.25, 0.3) is 12.2 Å². The maximum absolute atomic E-state index is 11.1. The van der Waals surface area contributed by atoms with Crippen molar-refractivity contribution in [2.75, 3.05) is 13.2 Å². The van der Waals surface area contributed by atoms with Gasteiger partial charge in [0.25, 0.3) is 0 Å². The van der Waals surface area contributed by atoms with Crippen molar-refractivity contribution in [3.63, 3.8) is 0 Å². The third-order valence-electron chi connectivity index (χ3n) is 4.68. The van der Waals surface area contributed by atoms with Gasteiger partial charge in [0, 0.05) is 6.08 Å². The highest BCUT2D eigenvalue weighted by atomic mass is 16.5. The Morgan fingerprint density at radius 2 is 1.29 bits per heavy atom. The lowest BCUT2D eigenvalue weighted by Gasteiger charge is -2.03. The Bertz CT molecular complexity index is 920. The van der Waals surface area contributed by atoms with Gasteiger partial charge in [-0.05, 0) is 42.0 Å². The average molecular weight is 463 g/mol. The number of aliphatic hydroxyl groups excluding tert-OH is 1. The van der Waals surface area contributed by atoms with E-state index in [9.17, 15) is 4.79 Å². The quantitative estimate of drug-likeness (QED) is 0.212. The van der Waals surface area contributed by atoms with Gasteiger partial charge in [0.1, 0.15) is 0 Å². The van der Waals surface area contributed by atoms with E-state index < -0.39 is 0 Å². The van der Waals surface area contributed by atoms with Crippen LogP contribution in [0, 0.1) is 0 Å². The fraction of sp³-hybridized carbons (Fsp3) is 0.323. The zero-order valence-electron chi connectivity index (χ0n) is 20.2. The second-order valence-electron chi connectivity index (χ2n) is 7.34. The number of carbonyl (C=O) groups is 1.